The maximum atomic E-state index is 12.3. The van der Waals surface area contributed by atoms with Gasteiger partial charge in [-0.15, -0.1) is 21.5 Å². The zero-order chi connectivity index (χ0) is 17.1. The van der Waals surface area contributed by atoms with Gasteiger partial charge in [0, 0.05) is 10.2 Å². The highest BCUT2D eigenvalue weighted by Gasteiger charge is 2.20. The number of amides is 1. The largest absolute Gasteiger partial charge is 0.335 e. The molecule has 0 spiro atoms. The van der Waals surface area contributed by atoms with Crippen LogP contribution >= 0.6 is 39.0 Å². The lowest BCUT2D eigenvalue weighted by atomic mass is 10.3. The molecule has 6 nitrogen and oxygen atoms in total. The summed E-state index contributed by atoms with van der Waals surface area (Å²) in [6.07, 6.45) is 0. The lowest BCUT2D eigenvalue weighted by molar-refractivity contribution is -0.115. The van der Waals surface area contributed by atoms with Gasteiger partial charge in [-0.05, 0) is 42.6 Å². The van der Waals surface area contributed by atoms with E-state index in [4.69, 9.17) is 5.84 Å². The second kappa shape index (κ2) is 7.37. The highest BCUT2D eigenvalue weighted by Crippen LogP contribution is 2.27. The van der Waals surface area contributed by atoms with Gasteiger partial charge in [0.25, 0.3) is 0 Å². The molecule has 24 heavy (non-hydrogen) atoms. The molecule has 0 radical (unpaired) electrons. The first kappa shape index (κ1) is 17.0. The lowest BCUT2D eigenvalue weighted by Gasteiger charge is -2.11. The molecule has 2 aromatic heterocycles. The normalized spacial score (nSPS) is 12.1. The van der Waals surface area contributed by atoms with Crippen LogP contribution in [0.5, 0.6) is 0 Å². The maximum absolute atomic E-state index is 12.3. The fraction of sp³-hybridized carbons (Fsp3) is 0.133. The molecule has 0 aliphatic carbocycles. The van der Waals surface area contributed by atoms with E-state index in [1.807, 2.05) is 41.8 Å². The average molecular weight is 424 g/mol. The Hall–Kier alpha value is -1.84. The Morgan fingerprint density at radius 3 is 2.75 bits per heavy atom. The number of anilines is 1. The fourth-order valence-corrected chi connectivity index (χ4v) is 3.66. The predicted molar refractivity (Wildman–Crippen MR) is 102 cm³/mol. The van der Waals surface area contributed by atoms with Crippen LogP contribution in [0.3, 0.4) is 0 Å². The van der Waals surface area contributed by atoms with Crippen LogP contribution in [0.1, 0.15) is 6.92 Å². The number of nitrogen functional groups attached to an aromatic ring is 1. The van der Waals surface area contributed by atoms with Crippen LogP contribution in [0.15, 0.2) is 51.4 Å². The van der Waals surface area contributed by atoms with Crippen molar-refractivity contribution in [3.05, 3.63) is 46.3 Å². The molecule has 9 heteroatoms. The third-order valence-corrected chi connectivity index (χ3v) is 5.62. The number of halogens is 1. The van der Waals surface area contributed by atoms with Crippen LogP contribution in [0.2, 0.25) is 0 Å². The smallest absolute Gasteiger partial charge is 0.237 e. The molecular formula is C15H14BrN5OS2. The van der Waals surface area contributed by atoms with Crippen LogP contribution in [0, 0.1) is 0 Å². The molecule has 1 atom stereocenters. The number of nitrogens with two attached hydrogens (primary N) is 1. The number of carbonyl (C=O) groups is 1. The molecule has 0 aliphatic rings. The van der Waals surface area contributed by atoms with Crippen molar-refractivity contribution in [1.29, 1.82) is 0 Å². The Balaban J connectivity index is 1.67. The van der Waals surface area contributed by atoms with E-state index in [1.54, 1.807) is 6.92 Å². The summed E-state index contributed by atoms with van der Waals surface area (Å²) in [5.41, 5.74) is 0.740. The van der Waals surface area contributed by atoms with Crippen molar-refractivity contribution in [3.8, 4) is 10.7 Å². The SMILES string of the molecule is CC(Sc1nnc(-c2cccs2)n1N)C(=O)Nc1ccc(Br)cc1. The molecule has 2 heterocycles. The molecule has 0 aliphatic heterocycles. The molecule has 0 saturated carbocycles. The van der Waals surface area contributed by atoms with Crippen LogP contribution in [-0.2, 0) is 4.79 Å². The van der Waals surface area contributed by atoms with Gasteiger partial charge in [0.05, 0.1) is 10.1 Å². The molecule has 3 rings (SSSR count). The summed E-state index contributed by atoms with van der Waals surface area (Å²) in [6, 6.07) is 11.3. The minimum absolute atomic E-state index is 0.122. The highest BCUT2D eigenvalue weighted by atomic mass is 79.9. The Kier molecular flexibility index (Phi) is 5.22. The van der Waals surface area contributed by atoms with Crippen LogP contribution < -0.4 is 11.2 Å². The van der Waals surface area contributed by atoms with Gasteiger partial charge in [-0.1, -0.05) is 33.8 Å². The van der Waals surface area contributed by atoms with Crippen molar-refractivity contribution in [2.24, 2.45) is 0 Å². The van der Waals surface area contributed by atoms with E-state index in [1.165, 1.54) is 27.8 Å². The second-order valence-electron chi connectivity index (χ2n) is 4.91. The minimum atomic E-state index is -0.365. The second-order valence-corrected chi connectivity index (χ2v) is 8.08. The van der Waals surface area contributed by atoms with Gasteiger partial charge in [-0.2, -0.15) is 0 Å². The summed E-state index contributed by atoms with van der Waals surface area (Å²) in [4.78, 5) is 13.2. The number of benzene rings is 1. The molecule has 0 bridgehead atoms. The van der Waals surface area contributed by atoms with Gasteiger partial charge in [-0.3, -0.25) is 4.79 Å². The Labute approximate surface area is 155 Å². The number of hydrogen-bond donors (Lipinski definition) is 2. The van der Waals surface area contributed by atoms with Gasteiger partial charge in [0.1, 0.15) is 0 Å². The third kappa shape index (κ3) is 3.80. The average Bonchev–Trinajstić information content (AvgIpc) is 3.20. The Bertz CT molecular complexity index is 832. The lowest BCUT2D eigenvalue weighted by Crippen LogP contribution is -2.23. The van der Waals surface area contributed by atoms with Gasteiger partial charge in [0.2, 0.25) is 11.1 Å². The van der Waals surface area contributed by atoms with Crippen molar-refractivity contribution < 1.29 is 4.79 Å². The van der Waals surface area contributed by atoms with Crippen LogP contribution in [-0.4, -0.2) is 26.0 Å². The number of rotatable bonds is 5. The van der Waals surface area contributed by atoms with Crippen molar-refractivity contribution >= 4 is 50.6 Å². The summed E-state index contributed by atoms with van der Waals surface area (Å²) in [5, 5.41) is 13.1. The number of nitrogens with zero attached hydrogens (tertiary/aromatic N) is 3. The number of carbonyl (C=O) groups excluding carboxylic acids is 1. The van der Waals surface area contributed by atoms with Gasteiger partial charge >= 0.3 is 0 Å². The number of thioether (sulfide) groups is 1. The van der Waals surface area contributed by atoms with Crippen LogP contribution in [0.4, 0.5) is 5.69 Å². The van der Waals surface area contributed by atoms with Crippen molar-refractivity contribution in [2.45, 2.75) is 17.3 Å². The van der Waals surface area contributed by atoms with Gasteiger partial charge in [0.15, 0.2) is 5.82 Å². The van der Waals surface area contributed by atoms with Crippen molar-refractivity contribution in [3.63, 3.8) is 0 Å². The van der Waals surface area contributed by atoms with E-state index >= 15 is 0 Å². The molecule has 1 unspecified atom stereocenters. The highest BCUT2D eigenvalue weighted by molar-refractivity contribution is 9.10. The molecular weight excluding hydrogens is 410 g/mol. The predicted octanol–water partition coefficient (Wildman–Crippen LogP) is 3.60. The third-order valence-electron chi connectivity index (χ3n) is 3.17. The zero-order valence-corrected chi connectivity index (χ0v) is 15.9. The monoisotopic (exact) mass is 423 g/mol. The van der Waals surface area contributed by atoms with Gasteiger partial charge < -0.3 is 11.2 Å². The van der Waals surface area contributed by atoms with E-state index in [0.717, 1.165) is 15.0 Å². The molecule has 1 aromatic carbocycles. The molecule has 1 amide bonds. The van der Waals surface area contributed by atoms with E-state index in [2.05, 4.69) is 31.4 Å². The van der Waals surface area contributed by atoms with Crippen molar-refractivity contribution in [1.82, 2.24) is 14.9 Å². The number of hydrogen-bond acceptors (Lipinski definition) is 6. The zero-order valence-electron chi connectivity index (χ0n) is 12.6. The van der Waals surface area contributed by atoms with Crippen molar-refractivity contribution in [2.75, 3.05) is 11.2 Å². The summed E-state index contributed by atoms with van der Waals surface area (Å²) in [6.45, 7) is 1.80. The maximum Gasteiger partial charge on any atom is 0.237 e. The quantitative estimate of drug-likeness (QED) is 0.483. The topological polar surface area (TPSA) is 85.8 Å². The first-order valence-corrected chi connectivity index (χ1v) is 9.57. The minimum Gasteiger partial charge on any atom is -0.335 e. The Morgan fingerprint density at radius 1 is 1.33 bits per heavy atom. The van der Waals surface area contributed by atoms with E-state index in [-0.39, 0.29) is 11.2 Å². The molecule has 0 fully saturated rings. The summed E-state index contributed by atoms with van der Waals surface area (Å²) in [5.74, 6) is 6.52. The standard InChI is InChI=1S/C15H14BrN5OS2/c1-9(14(22)18-11-6-4-10(16)5-7-11)24-15-20-19-13(21(15)17)12-3-2-8-23-12/h2-9H,17H2,1H3,(H,18,22). The first-order valence-electron chi connectivity index (χ1n) is 7.02. The Morgan fingerprint density at radius 2 is 2.08 bits per heavy atom. The number of nitrogens with one attached hydrogen (secondary N) is 1. The van der Waals surface area contributed by atoms with E-state index in [9.17, 15) is 4.79 Å². The first-order chi connectivity index (χ1) is 11.5. The summed E-state index contributed by atoms with van der Waals surface area (Å²) in [7, 11) is 0. The van der Waals surface area contributed by atoms with Crippen LogP contribution in [0.25, 0.3) is 10.7 Å². The fourth-order valence-electron chi connectivity index (χ4n) is 1.92. The molecule has 0 saturated heterocycles. The summed E-state index contributed by atoms with van der Waals surface area (Å²) < 4.78 is 2.38. The van der Waals surface area contributed by atoms with E-state index < -0.39 is 0 Å². The van der Waals surface area contributed by atoms with E-state index in [0.29, 0.717) is 11.0 Å². The molecule has 3 N–H and O–H groups in total. The number of thiophene rings is 1. The summed E-state index contributed by atoms with van der Waals surface area (Å²) >= 11 is 6.17. The number of aromatic nitrogens is 3. The molecule has 3 aromatic rings. The van der Waals surface area contributed by atoms with Gasteiger partial charge in [-0.25, -0.2) is 4.68 Å². The molecule has 124 valence electrons.